The highest BCUT2D eigenvalue weighted by Gasteiger charge is 2.28. The predicted octanol–water partition coefficient (Wildman–Crippen LogP) is 4.09. The number of fused-ring (bicyclic) bond motifs is 2. The fraction of sp³-hybridized carbons (Fsp3) is 0.483. The van der Waals surface area contributed by atoms with Gasteiger partial charge in [-0.25, -0.2) is 9.40 Å². The van der Waals surface area contributed by atoms with Crippen LogP contribution in [0.1, 0.15) is 55.5 Å². The van der Waals surface area contributed by atoms with E-state index in [0.717, 1.165) is 64.7 Å². The molecular formula is C29H39FN6O2. The van der Waals surface area contributed by atoms with E-state index in [2.05, 4.69) is 30.3 Å². The highest BCUT2D eigenvalue weighted by molar-refractivity contribution is 5.91. The summed E-state index contributed by atoms with van der Waals surface area (Å²) in [6.07, 6.45) is 3.93. The second-order valence-corrected chi connectivity index (χ2v) is 10.1. The summed E-state index contributed by atoms with van der Waals surface area (Å²) in [5, 5.41) is 12.3. The van der Waals surface area contributed by atoms with E-state index in [-0.39, 0.29) is 30.7 Å². The molecular weight excluding hydrogens is 483 g/mol. The zero-order valence-electron chi connectivity index (χ0n) is 23.2. The van der Waals surface area contributed by atoms with Gasteiger partial charge in [-0.2, -0.15) is 5.10 Å². The van der Waals surface area contributed by atoms with Crippen molar-refractivity contribution in [1.29, 1.82) is 0 Å². The molecule has 38 heavy (non-hydrogen) atoms. The lowest BCUT2D eigenvalue weighted by molar-refractivity contribution is -0.145. The van der Waals surface area contributed by atoms with Gasteiger partial charge in [-0.1, -0.05) is 32.8 Å². The Morgan fingerprint density at radius 1 is 1.08 bits per heavy atom. The Morgan fingerprint density at radius 2 is 1.84 bits per heavy atom. The van der Waals surface area contributed by atoms with Crippen molar-refractivity contribution < 1.29 is 14.0 Å². The molecule has 2 amide bonds. The molecule has 0 spiro atoms. The first kappa shape index (κ1) is 27.6. The Morgan fingerprint density at radius 3 is 2.58 bits per heavy atom. The molecule has 1 N–H and O–H groups in total. The van der Waals surface area contributed by atoms with Gasteiger partial charge in [-0.05, 0) is 60.7 Å². The third-order valence-corrected chi connectivity index (χ3v) is 7.37. The van der Waals surface area contributed by atoms with E-state index in [9.17, 15) is 14.0 Å². The standard InChI is InChI=1S/C29H39FN6O2/c1-6-8-9-12-31-28(37)18-35(27-15-25-24(13-20(27)3)26(7-2)33(4)32-25)19-29(38)34(5)36-16-21-10-11-23(30)14-22(21)17-36/h10-11,13-15H,6-9,12,16-19H2,1-5H3,(H,31,37). The Labute approximate surface area is 224 Å². The van der Waals surface area contributed by atoms with Crippen molar-refractivity contribution in [3.63, 3.8) is 0 Å². The van der Waals surface area contributed by atoms with Crippen molar-refractivity contribution in [3.05, 3.63) is 58.5 Å². The van der Waals surface area contributed by atoms with Crippen LogP contribution < -0.4 is 10.2 Å². The Bertz CT molecular complexity index is 1320. The SMILES string of the molecule is CCCCCNC(=O)CN(CC(=O)N(C)N1Cc2ccc(F)cc2C1)c1cc2nn(C)c(CC)c2cc1C. The smallest absolute Gasteiger partial charge is 0.256 e. The van der Waals surface area contributed by atoms with Gasteiger partial charge in [0.1, 0.15) is 5.82 Å². The van der Waals surface area contributed by atoms with Gasteiger partial charge in [-0.15, -0.1) is 0 Å². The largest absolute Gasteiger partial charge is 0.355 e. The van der Waals surface area contributed by atoms with Crippen molar-refractivity contribution >= 4 is 28.4 Å². The minimum atomic E-state index is -0.276. The number of rotatable bonds is 11. The van der Waals surface area contributed by atoms with Crippen LogP contribution in [0.15, 0.2) is 30.3 Å². The van der Waals surface area contributed by atoms with E-state index in [0.29, 0.717) is 19.6 Å². The van der Waals surface area contributed by atoms with Crippen molar-refractivity contribution in [2.24, 2.45) is 7.05 Å². The molecule has 204 valence electrons. The first-order valence-electron chi connectivity index (χ1n) is 13.5. The Kier molecular flexibility index (Phi) is 8.66. The molecule has 8 nitrogen and oxygen atoms in total. The maximum atomic E-state index is 13.7. The summed E-state index contributed by atoms with van der Waals surface area (Å²) in [5.74, 6) is -0.537. The average molecular weight is 523 g/mol. The molecule has 9 heteroatoms. The molecule has 3 aromatic rings. The number of likely N-dealkylation sites (N-methyl/N-ethyl adjacent to an activating group) is 1. The molecule has 0 fully saturated rings. The highest BCUT2D eigenvalue weighted by atomic mass is 19.1. The number of aryl methyl sites for hydroxylation is 3. The molecule has 2 heterocycles. The van der Waals surface area contributed by atoms with Gasteiger partial charge >= 0.3 is 0 Å². The molecule has 0 radical (unpaired) electrons. The van der Waals surface area contributed by atoms with Crippen LogP contribution >= 0.6 is 0 Å². The first-order valence-corrected chi connectivity index (χ1v) is 13.5. The monoisotopic (exact) mass is 522 g/mol. The minimum Gasteiger partial charge on any atom is -0.355 e. The number of hydrogen-bond donors (Lipinski definition) is 1. The molecule has 1 aliphatic heterocycles. The molecule has 0 atom stereocenters. The Balaban J connectivity index is 1.55. The number of halogens is 1. The third-order valence-electron chi connectivity index (χ3n) is 7.37. The molecule has 4 rings (SSSR count). The number of benzene rings is 2. The van der Waals surface area contributed by atoms with Gasteiger partial charge in [0.15, 0.2) is 0 Å². The number of carbonyl (C=O) groups is 2. The van der Waals surface area contributed by atoms with Crippen molar-refractivity contribution in [1.82, 2.24) is 25.1 Å². The average Bonchev–Trinajstić information content (AvgIpc) is 3.44. The molecule has 1 aromatic heterocycles. The summed E-state index contributed by atoms with van der Waals surface area (Å²) in [4.78, 5) is 28.3. The van der Waals surface area contributed by atoms with Gasteiger partial charge in [-0.3, -0.25) is 19.3 Å². The molecule has 0 aliphatic carbocycles. The molecule has 0 bridgehead atoms. The summed E-state index contributed by atoms with van der Waals surface area (Å²) in [6.45, 7) is 7.95. The lowest BCUT2D eigenvalue weighted by Gasteiger charge is -2.32. The van der Waals surface area contributed by atoms with Gasteiger partial charge < -0.3 is 10.2 Å². The van der Waals surface area contributed by atoms with Crippen LogP contribution in [-0.4, -0.2) is 58.3 Å². The van der Waals surface area contributed by atoms with Gasteiger partial charge in [0.25, 0.3) is 5.91 Å². The maximum absolute atomic E-state index is 13.7. The minimum absolute atomic E-state index is 0.0277. The fourth-order valence-electron chi connectivity index (χ4n) is 5.19. The molecule has 0 saturated heterocycles. The van der Waals surface area contributed by atoms with Gasteiger partial charge in [0.2, 0.25) is 5.91 Å². The number of anilines is 1. The van der Waals surface area contributed by atoms with Crippen LogP contribution in [0.25, 0.3) is 10.9 Å². The lowest BCUT2D eigenvalue weighted by atomic mass is 10.1. The van der Waals surface area contributed by atoms with Gasteiger partial charge in [0, 0.05) is 50.5 Å². The molecule has 0 saturated carbocycles. The molecule has 1 aliphatic rings. The van der Waals surface area contributed by atoms with Crippen LogP contribution in [0.5, 0.6) is 0 Å². The van der Waals surface area contributed by atoms with Crippen LogP contribution in [0.2, 0.25) is 0 Å². The summed E-state index contributed by atoms with van der Waals surface area (Å²) in [5.41, 5.74) is 5.69. The maximum Gasteiger partial charge on any atom is 0.256 e. The highest BCUT2D eigenvalue weighted by Crippen LogP contribution is 2.29. The van der Waals surface area contributed by atoms with Crippen molar-refractivity contribution in [2.75, 3.05) is 31.6 Å². The van der Waals surface area contributed by atoms with Crippen LogP contribution in [0, 0.1) is 12.7 Å². The number of hydrogen-bond acceptors (Lipinski definition) is 5. The van der Waals surface area contributed by atoms with Gasteiger partial charge in [0.05, 0.1) is 18.6 Å². The Hall–Kier alpha value is -3.46. The summed E-state index contributed by atoms with van der Waals surface area (Å²) < 4.78 is 15.6. The van der Waals surface area contributed by atoms with E-state index >= 15 is 0 Å². The predicted molar refractivity (Wildman–Crippen MR) is 148 cm³/mol. The molecule has 2 aromatic carbocycles. The topological polar surface area (TPSA) is 73.7 Å². The van der Waals surface area contributed by atoms with E-state index in [4.69, 9.17) is 0 Å². The zero-order chi connectivity index (χ0) is 27.4. The second-order valence-electron chi connectivity index (χ2n) is 10.1. The first-order chi connectivity index (χ1) is 18.2. The summed E-state index contributed by atoms with van der Waals surface area (Å²) in [7, 11) is 3.67. The van der Waals surface area contributed by atoms with E-state index in [1.54, 1.807) is 18.1 Å². The van der Waals surface area contributed by atoms with E-state index < -0.39 is 0 Å². The number of carbonyl (C=O) groups excluding carboxylic acids is 2. The van der Waals surface area contributed by atoms with E-state index in [1.807, 2.05) is 34.6 Å². The van der Waals surface area contributed by atoms with E-state index in [1.165, 1.54) is 12.1 Å². The van der Waals surface area contributed by atoms with Crippen molar-refractivity contribution in [3.8, 4) is 0 Å². The number of unbranched alkanes of at least 4 members (excludes halogenated alkanes) is 2. The number of aromatic nitrogens is 2. The summed E-state index contributed by atoms with van der Waals surface area (Å²) in [6, 6.07) is 8.83. The van der Waals surface area contributed by atoms with Crippen molar-refractivity contribution in [2.45, 2.75) is 59.5 Å². The number of hydrazine groups is 1. The second kappa shape index (κ2) is 11.9. The number of amides is 2. The van der Waals surface area contributed by atoms with Crippen LogP contribution in [-0.2, 0) is 36.1 Å². The lowest BCUT2D eigenvalue weighted by Crippen LogP contribution is -2.48. The fourth-order valence-corrected chi connectivity index (χ4v) is 5.19. The summed E-state index contributed by atoms with van der Waals surface area (Å²) >= 11 is 0. The molecule has 0 unspecified atom stereocenters. The van der Waals surface area contributed by atoms with Crippen LogP contribution in [0.4, 0.5) is 10.1 Å². The normalized spacial score (nSPS) is 13.1. The zero-order valence-corrected chi connectivity index (χ0v) is 23.2. The third kappa shape index (κ3) is 5.99. The quantitative estimate of drug-likeness (QED) is 0.384. The number of nitrogens with one attached hydrogen (secondary N) is 1. The number of nitrogens with zero attached hydrogens (tertiary/aromatic N) is 5. The van der Waals surface area contributed by atoms with Crippen LogP contribution in [0.3, 0.4) is 0 Å².